The summed E-state index contributed by atoms with van der Waals surface area (Å²) < 4.78 is 11.4. The molecule has 1 saturated carbocycles. The molecule has 19 heavy (non-hydrogen) atoms. The molecule has 0 bridgehead atoms. The maximum absolute atomic E-state index is 6.19. The number of nitrogens with two attached hydrogens (primary N) is 1. The van der Waals surface area contributed by atoms with E-state index in [4.69, 9.17) is 15.2 Å². The molecule has 0 unspecified atom stereocenters. The van der Waals surface area contributed by atoms with Gasteiger partial charge in [0.05, 0.1) is 19.3 Å². The van der Waals surface area contributed by atoms with Crippen LogP contribution in [0.2, 0.25) is 0 Å². The third-order valence-corrected chi connectivity index (χ3v) is 4.09. The zero-order chi connectivity index (χ0) is 13.6. The van der Waals surface area contributed by atoms with Crippen molar-refractivity contribution in [3.63, 3.8) is 0 Å². The largest absolute Gasteiger partial charge is 0.497 e. The molecule has 0 aliphatic heterocycles. The predicted octanol–water partition coefficient (Wildman–Crippen LogP) is 3.26. The third-order valence-electron chi connectivity index (χ3n) is 4.09. The summed E-state index contributed by atoms with van der Waals surface area (Å²) in [6.07, 6.45) is 7.29. The summed E-state index contributed by atoms with van der Waals surface area (Å²) in [5, 5.41) is 0. The lowest BCUT2D eigenvalue weighted by atomic mass is 9.94. The maximum Gasteiger partial charge on any atom is 0.118 e. The van der Waals surface area contributed by atoms with Crippen LogP contribution in [0.5, 0.6) is 5.75 Å². The summed E-state index contributed by atoms with van der Waals surface area (Å²) in [4.78, 5) is 0. The van der Waals surface area contributed by atoms with Crippen molar-refractivity contribution in [3.8, 4) is 5.75 Å². The molecule has 0 heterocycles. The van der Waals surface area contributed by atoms with Crippen LogP contribution in [0.3, 0.4) is 0 Å². The Hall–Kier alpha value is -1.06. The van der Waals surface area contributed by atoms with Crippen LogP contribution < -0.4 is 10.5 Å². The van der Waals surface area contributed by atoms with E-state index in [0.717, 1.165) is 18.6 Å². The zero-order valence-electron chi connectivity index (χ0n) is 11.9. The summed E-state index contributed by atoms with van der Waals surface area (Å²) in [7, 11) is 1.68. The zero-order valence-corrected chi connectivity index (χ0v) is 11.9. The minimum absolute atomic E-state index is 0.101. The van der Waals surface area contributed by atoms with E-state index in [1.807, 2.05) is 12.1 Å². The molecule has 1 aliphatic rings. The summed E-state index contributed by atoms with van der Waals surface area (Å²) in [6, 6.07) is 8.06. The van der Waals surface area contributed by atoms with E-state index >= 15 is 0 Å². The fraction of sp³-hybridized carbons (Fsp3) is 0.625. The molecule has 2 rings (SSSR count). The van der Waals surface area contributed by atoms with Gasteiger partial charge in [-0.2, -0.15) is 0 Å². The van der Waals surface area contributed by atoms with Gasteiger partial charge in [0.1, 0.15) is 5.75 Å². The highest BCUT2D eigenvalue weighted by molar-refractivity contribution is 5.26. The molecule has 1 aliphatic carbocycles. The molecule has 1 aromatic rings. The van der Waals surface area contributed by atoms with Crippen molar-refractivity contribution in [2.75, 3.05) is 13.7 Å². The highest BCUT2D eigenvalue weighted by atomic mass is 16.5. The van der Waals surface area contributed by atoms with E-state index in [-0.39, 0.29) is 5.60 Å². The molecule has 0 atom stereocenters. The summed E-state index contributed by atoms with van der Waals surface area (Å²) in [5.41, 5.74) is 7.05. The second-order valence-electron chi connectivity index (χ2n) is 5.44. The molecule has 0 amide bonds. The van der Waals surface area contributed by atoms with Crippen molar-refractivity contribution < 1.29 is 9.47 Å². The first-order valence-corrected chi connectivity index (χ1v) is 7.25. The quantitative estimate of drug-likeness (QED) is 0.829. The maximum atomic E-state index is 6.19. The Balaban J connectivity index is 1.94. The Morgan fingerprint density at radius 1 is 1.05 bits per heavy atom. The van der Waals surface area contributed by atoms with Crippen LogP contribution in [0.15, 0.2) is 24.3 Å². The fourth-order valence-corrected chi connectivity index (χ4v) is 2.74. The van der Waals surface area contributed by atoms with Crippen molar-refractivity contribution in [1.29, 1.82) is 0 Å². The number of benzene rings is 1. The van der Waals surface area contributed by atoms with E-state index in [1.54, 1.807) is 7.11 Å². The topological polar surface area (TPSA) is 44.5 Å². The van der Waals surface area contributed by atoms with Gasteiger partial charge in [0, 0.05) is 6.54 Å². The Morgan fingerprint density at radius 3 is 2.21 bits per heavy atom. The standard InChI is InChI=1S/C16H25NO2/c1-18-15-8-6-14(7-9-15)12-19-16(13-17)10-4-2-3-5-11-16/h6-9H,2-5,10-13,17H2,1H3. The van der Waals surface area contributed by atoms with Gasteiger partial charge in [0.25, 0.3) is 0 Å². The van der Waals surface area contributed by atoms with Gasteiger partial charge in [-0.3, -0.25) is 0 Å². The van der Waals surface area contributed by atoms with Gasteiger partial charge < -0.3 is 15.2 Å². The normalized spacial score (nSPS) is 18.8. The Bertz CT molecular complexity index is 367. The van der Waals surface area contributed by atoms with Gasteiger partial charge in [-0.25, -0.2) is 0 Å². The molecule has 0 spiro atoms. The van der Waals surface area contributed by atoms with Crippen molar-refractivity contribution >= 4 is 0 Å². The number of rotatable bonds is 5. The van der Waals surface area contributed by atoms with Crippen LogP contribution >= 0.6 is 0 Å². The molecular formula is C16H25NO2. The van der Waals surface area contributed by atoms with Crippen molar-refractivity contribution in [1.82, 2.24) is 0 Å². The Morgan fingerprint density at radius 2 is 1.68 bits per heavy atom. The van der Waals surface area contributed by atoms with E-state index in [9.17, 15) is 0 Å². The van der Waals surface area contributed by atoms with Crippen LogP contribution in [0, 0.1) is 0 Å². The number of ether oxygens (including phenoxy) is 2. The molecule has 0 saturated heterocycles. The third kappa shape index (κ3) is 3.95. The summed E-state index contributed by atoms with van der Waals surface area (Å²) in [6.45, 7) is 1.27. The molecular weight excluding hydrogens is 238 g/mol. The van der Waals surface area contributed by atoms with Gasteiger partial charge in [-0.15, -0.1) is 0 Å². The fourth-order valence-electron chi connectivity index (χ4n) is 2.74. The van der Waals surface area contributed by atoms with Crippen LogP contribution in [-0.4, -0.2) is 19.3 Å². The lowest BCUT2D eigenvalue weighted by molar-refractivity contribution is -0.0602. The van der Waals surface area contributed by atoms with Crippen molar-refractivity contribution in [2.45, 2.75) is 50.7 Å². The molecule has 0 radical (unpaired) electrons. The molecule has 1 fully saturated rings. The van der Waals surface area contributed by atoms with E-state index in [0.29, 0.717) is 13.2 Å². The average molecular weight is 263 g/mol. The molecule has 0 aromatic heterocycles. The predicted molar refractivity (Wildman–Crippen MR) is 77.3 cm³/mol. The van der Waals surface area contributed by atoms with Crippen molar-refractivity contribution in [3.05, 3.63) is 29.8 Å². The Kier molecular flexibility index (Phi) is 5.23. The van der Waals surface area contributed by atoms with E-state index in [1.165, 1.54) is 31.2 Å². The first kappa shape index (κ1) is 14.4. The first-order chi connectivity index (χ1) is 9.28. The monoisotopic (exact) mass is 263 g/mol. The lowest BCUT2D eigenvalue weighted by Gasteiger charge is -2.31. The van der Waals surface area contributed by atoms with Crippen LogP contribution in [0.25, 0.3) is 0 Å². The highest BCUT2D eigenvalue weighted by Crippen LogP contribution is 2.30. The van der Waals surface area contributed by atoms with Gasteiger partial charge in [0.2, 0.25) is 0 Å². The summed E-state index contributed by atoms with van der Waals surface area (Å²) >= 11 is 0. The molecule has 3 heteroatoms. The highest BCUT2D eigenvalue weighted by Gasteiger charge is 2.30. The summed E-state index contributed by atoms with van der Waals surface area (Å²) in [5.74, 6) is 0.881. The van der Waals surface area contributed by atoms with Crippen LogP contribution in [-0.2, 0) is 11.3 Å². The number of methoxy groups -OCH3 is 1. The number of hydrogen-bond donors (Lipinski definition) is 1. The van der Waals surface area contributed by atoms with Gasteiger partial charge >= 0.3 is 0 Å². The second kappa shape index (κ2) is 6.92. The molecule has 3 nitrogen and oxygen atoms in total. The molecule has 1 aromatic carbocycles. The van der Waals surface area contributed by atoms with Crippen LogP contribution in [0.4, 0.5) is 0 Å². The van der Waals surface area contributed by atoms with E-state index in [2.05, 4.69) is 12.1 Å². The number of hydrogen-bond acceptors (Lipinski definition) is 3. The molecule has 2 N–H and O–H groups in total. The minimum atomic E-state index is -0.101. The van der Waals surface area contributed by atoms with Crippen LogP contribution in [0.1, 0.15) is 44.1 Å². The van der Waals surface area contributed by atoms with Gasteiger partial charge in [-0.05, 0) is 30.5 Å². The van der Waals surface area contributed by atoms with Gasteiger partial charge in [0.15, 0.2) is 0 Å². The average Bonchev–Trinajstić information content (AvgIpc) is 2.72. The Labute approximate surface area is 116 Å². The minimum Gasteiger partial charge on any atom is -0.497 e. The lowest BCUT2D eigenvalue weighted by Crippen LogP contribution is -2.40. The van der Waals surface area contributed by atoms with E-state index < -0.39 is 0 Å². The first-order valence-electron chi connectivity index (χ1n) is 7.25. The molecule has 106 valence electrons. The van der Waals surface area contributed by atoms with Gasteiger partial charge in [-0.1, -0.05) is 37.8 Å². The smallest absolute Gasteiger partial charge is 0.118 e. The second-order valence-corrected chi connectivity index (χ2v) is 5.44. The SMILES string of the molecule is COc1ccc(COC2(CN)CCCCCC2)cc1. The van der Waals surface area contributed by atoms with Crippen molar-refractivity contribution in [2.24, 2.45) is 5.73 Å².